The maximum absolute atomic E-state index is 12.4. The van der Waals surface area contributed by atoms with Crippen molar-refractivity contribution in [2.45, 2.75) is 18.7 Å². The number of benzene rings is 1. The summed E-state index contributed by atoms with van der Waals surface area (Å²) < 4.78 is 27.2. The highest BCUT2D eigenvalue weighted by atomic mass is 32.2. The fraction of sp³-hybridized carbons (Fsp3) is 0.118. The maximum atomic E-state index is 12.4. The smallest absolute Gasteiger partial charge is 0.263 e. The maximum Gasteiger partial charge on any atom is 0.263 e. The first-order chi connectivity index (χ1) is 11.9. The second-order valence-electron chi connectivity index (χ2n) is 5.41. The Labute approximate surface area is 146 Å². The molecule has 8 heteroatoms. The summed E-state index contributed by atoms with van der Waals surface area (Å²) in [4.78, 5) is 12.6. The predicted molar refractivity (Wildman–Crippen MR) is 96.3 cm³/mol. The Morgan fingerprint density at radius 1 is 0.920 bits per heavy atom. The SMILES string of the molecule is Cc1cc(Nc2ccc(S(=O)(=O)Nc3ccccn3)cc2)nc(C)n1. The highest BCUT2D eigenvalue weighted by molar-refractivity contribution is 7.92. The molecule has 0 aliphatic carbocycles. The van der Waals surface area contributed by atoms with Crippen LogP contribution in [0, 0.1) is 13.8 Å². The molecule has 0 aliphatic rings. The zero-order valence-electron chi connectivity index (χ0n) is 13.8. The Hall–Kier alpha value is -3.00. The summed E-state index contributed by atoms with van der Waals surface area (Å²) in [5.41, 5.74) is 1.59. The van der Waals surface area contributed by atoms with E-state index in [2.05, 4.69) is 25.0 Å². The van der Waals surface area contributed by atoms with E-state index in [1.807, 2.05) is 19.9 Å². The van der Waals surface area contributed by atoms with Crippen LogP contribution in [0.25, 0.3) is 0 Å². The zero-order chi connectivity index (χ0) is 17.9. The van der Waals surface area contributed by atoms with E-state index in [1.54, 1.807) is 30.3 Å². The van der Waals surface area contributed by atoms with Gasteiger partial charge >= 0.3 is 0 Å². The Morgan fingerprint density at radius 2 is 1.68 bits per heavy atom. The van der Waals surface area contributed by atoms with Crippen molar-refractivity contribution in [3.8, 4) is 0 Å². The van der Waals surface area contributed by atoms with Crippen molar-refractivity contribution < 1.29 is 8.42 Å². The predicted octanol–water partition coefficient (Wildman–Crippen LogP) is 3.03. The number of hydrogen-bond acceptors (Lipinski definition) is 6. The summed E-state index contributed by atoms with van der Waals surface area (Å²) in [5.74, 6) is 1.60. The van der Waals surface area contributed by atoms with Gasteiger partial charge in [0.15, 0.2) is 0 Å². The Morgan fingerprint density at radius 3 is 2.32 bits per heavy atom. The molecule has 0 radical (unpaired) electrons. The highest BCUT2D eigenvalue weighted by Crippen LogP contribution is 2.19. The number of pyridine rings is 1. The number of nitrogens with zero attached hydrogens (tertiary/aromatic N) is 3. The van der Waals surface area contributed by atoms with Gasteiger partial charge < -0.3 is 5.32 Å². The Kier molecular flexibility index (Phi) is 4.62. The van der Waals surface area contributed by atoms with E-state index in [1.165, 1.54) is 18.3 Å². The highest BCUT2D eigenvalue weighted by Gasteiger charge is 2.14. The Balaban J connectivity index is 1.77. The number of rotatable bonds is 5. The number of nitrogens with one attached hydrogen (secondary N) is 2. The van der Waals surface area contributed by atoms with Crippen molar-refractivity contribution in [1.82, 2.24) is 15.0 Å². The number of aromatic nitrogens is 3. The molecule has 7 nitrogen and oxygen atoms in total. The molecular weight excluding hydrogens is 338 g/mol. The lowest BCUT2D eigenvalue weighted by Crippen LogP contribution is -2.13. The first-order valence-corrected chi connectivity index (χ1v) is 9.04. The van der Waals surface area contributed by atoms with Gasteiger partial charge in [-0.2, -0.15) is 0 Å². The van der Waals surface area contributed by atoms with Gasteiger partial charge in [0, 0.05) is 23.6 Å². The molecule has 25 heavy (non-hydrogen) atoms. The van der Waals surface area contributed by atoms with Crippen molar-refractivity contribution in [2.24, 2.45) is 0 Å². The molecule has 0 unspecified atom stereocenters. The fourth-order valence-electron chi connectivity index (χ4n) is 2.27. The summed E-state index contributed by atoms with van der Waals surface area (Å²) in [6, 6.07) is 13.2. The molecule has 0 aliphatic heterocycles. The lowest BCUT2D eigenvalue weighted by atomic mass is 10.3. The van der Waals surface area contributed by atoms with Crippen molar-refractivity contribution in [3.63, 3.8) is 0 Å². The van der Waals surface area contributed by atoms with Crippen molar-refractivity contribution in [1.29, 1.82) is 0 Å². The van der Waals surface area contributed by atoms with Gasteiger partial charge in [-0.1, -0.05) is 6.07 Å². The molecule has 3 rings (SSSR count). The molecule has 0 amide bonds. The van der Waals surface area contributed by atoms with Crippen LogP contribution in [0.2, 0.25) is 0 Å². The zero-order valence-corrected chi connectivity index (χ0v) is 14.6. The van der Waals surface area contributed by atoms with Gasteiger partial charge in [-0.15, -0.1) is 0 Å². The van der Waals surface area contributed by atoms with Gasteiger partial charge in [0.1, 0.15) is 17.5 Å². The third-order valence-electron chi connectivity index (χ3n) is 3.31. The molecule has 0 fully saturated rings. The van der Waals surface area contributed by atoms with E-state index < -0.39 is 10.0 Å². The molecule has 0 saturated heterocycles. The van der Waals surface area contributed by atoms with Crippen LogP contribution in [-0.4, -0.2) is 23.4 Å². The minimum atomic E-state index is -3.68. The van der Waals surface area contributed by atoms with Crippen LogP contribution in [0.4, 0.5) is 17.3 Å². The van der Waals surface area contributed by atoms with Crippen molar-refractivity contribution >= 4 is 27.3 Å². The summed E-state index contributed by atoms with van der Waals surface area (Å²) in [5, 5.41) is 3.14. The van der Waals surface area contributed by atoms with E-state index in [0.29, 0.717) is 11.6 Å². The average molecular weight is 355 g/mol. The third kappa shape index (κ3) is 4.30. The normalized spacial score (nSPS) is 11.1. The first-order valence-electron chi connectivity index (χ1n) is 7.56. The second kappa shape index (κ2) is 6.86. The van der Waals surface area contributed by atoms with Crippen molar-refractivity contribution in [3.05, 3.63) is 66.2 Å². The molecule has 1 aromatic carbocycles. The molecule has 3 aromatic rings. The fourth-order valence-corrected chi connectivity index (χ4v) is 3.27. The van der Waals surface area contributed by atoms with E-state index in [9.17, 15) is 8.42 Å². The molecule has 0 spiro atoms. The van der Waals surface area contributed by atoms with E-state index in [4.69, 9.17) is 0 Å². The third-order valence-corrected chi connectivity index (χ3v) is 4.68. The largest absolute Gasteiger partial charge is 0.340 e. The summed E-state index contributed by atoms with van der Waals surface area (Å²) >= 11 is 0. The van der Waals surface area contributed by atoms with Gasteiger partial charge in [0.2, 0.25) is 0 Å². The Bertz CT molecular complexity index is 953. The number of hydrogen-bond donors (Lipinski definition) is 2. The van der Waals surface area contributed by atoms with Gasteiger partial charge in [-0.25, -0.2) is 23.4 Å². The van der Waals surface area contributed by atoms with Crippen LogP contribution in [0.3, 0.4) is 0 Å². The van der Waals surface area contributed by atoms with Crippen LogP contribution in [0.1, 0.15) is 11.5 Å². The molecule has 0 bridgehead atoms. The lowest BCUT2D eigenvalue weighted by Gasteiger charge is -2.09. The van der Waals surface area contributed by atoms with Crippen molar-refractivity contribution in [2.75, 3.05) is 10.0 Å². The van der Waals surface area contributed by atoms with Crippen LogP contribution in [-0.2, 0) is 10.0 Å². The van der Waals surface area contributed by atoms with Gasteiger partial charge in [0.05, 0.1) is 4.90 Å². The summed E-state index contributed by atoms with van der Waals surface area (Å²) in [6.07, 6.45) is 1.52. The summed E-state index contributed by atoms with van der Waals surface area (Å²) in [7, 11) is -3.68. The second-order valence-corrected chi connectivity index (χ2v) is 7.09. The minimum absolute atomic E-state index is 0.152. The van der Waals surface area contributed by atoms with Gasteiger partial charge in [0.25, 0.3) is 10.0 Å². The average Bonchev–Trinajstić information content (AvgIpc) is 2.55. The van der Waals surface area contributed by atoms with E-state index in [-0.39, 0.29) is 10.7 Å². The number of anilines is 3. The molecule has 2 aromatic heterocycles. The van der Waals surface area contributed by atoms with E-state index in [0.717, 1.165) is 11.4 Å². The minimum Gasteiger partial charge on any atom is -0.340 e. The standard InChI is InChI=1S/C17H17N5O2S/c1-12-11-17(20-13(2)19-12)21-14-6-8-15(9-7-14)25(23,24)22-16-5-3-4-10-18-16/h3-11H,1-2H3,(H,18,22)(H,19,20,21). The first kappa shape index (κ1) is 16.8. The molecule has 2 heterocycles. The van der Waals surface area contributed by atoms with Gasteiger partial charge in [-0.3, -0.25) is 4.72 Å². The lowest BCUT2D eigenvalue weighted by molar-refractivity contribution is 0.601. The van der Waals surface area contributed by atoms with Crippen LogP contribution >= 0.6 is 0 Å². The van der Waals surface area contributed by atoms with Gasteiger partial charge in [-0.05, 0) is 50.2 Å². The molecule has 0 atom stereocenters. The van der Waals surface area contributed by atoms with Crippen LogP contribution < -0.4 is 10.0 Å². The number of aryl methyl sites for hydroxylation is 2. The quantitative estimate of drug-likeness (QED) is 0.730. The summed E-state index contributed by atoms with van der Waals surface area (Å²) in [6.45, 7) is 3.70. The molecule has 128 valence electrons. The van der Waals surface area contributed by atoms with Crippen LogP contribution in [0.5, 0.6) is 0 Å². The molecule has 2 N–H and O–H groups in total. The molecule has 0 saturated carbocycles. The van der Waals surface area contributed by atoms with Crippen LogP contribution in [0.15, 0.2) is 59.6 Å². The monoisotopic (exact) mass is 355 g/mol. The van der Waals surface area contributed by atoms with E-state index >= 15 is 0 Å². The topological polar surface area (TPSA) is 96.9 Å². The number of sulfonamides is 1. The molecular formula is C17H17N5O2S.